The Morgan fingerprint density at radius 1 is 0.952 bits per heavy atom. The number of hydrogen-bond acceptors (Lipinski definition) is 13. The van der Waals surface area contributed by atoms with Crippen LogP contribution in [0, 0.1) is 6.92 Å². The molecule has 62 heavy (non-hydrogen) atoms. The SMILES string of the molecule is Cc1cc(NC(=O)Nc2cnc3ccnn3c2C2CCCC2)cnc1-c1cn(CCCCCCC(O)N2CCN(c3ccc4c(c3)CN(C3CCC(O)NC3O)C4=O)CC2)nn1. The van der Waals surface area contributed by atoms with Gasteiger partial charge < -0.3 is 35.8 Å². The number of aromatic nitrogens is 7. The van der Waals surface area contributed by atoms with Crippen molar-refractivity contribution in [1.29, 1.82) is 0 Å². The third-order valence-corrected chi connectivity index (χ3v) is 13.0. The highest BCUT2D eigenvalue weighted by Gasteiger charge is 2.39. The van der Waals surface area contributed by atoms with E-state index < -0.39 is 18.7 Å². The minimum Gasteiger partial charge on any atom is -0.379 e. The Labute approximate surface area is 360 Å². The summed E-state index contributed by atoms with van der Waals surface area (Å²) in [5.74, 6) is 0.242. The number of pyridine rings is 1. The number of nitrogens with one attached hydrogen (secondary N) is 3. The topological polar surface area (TPSA) is 214 Å². The minimum atomic E-state index is -0.956. The summed E-state index contributed by atoms with van der Waals surface area (Å²) < 4.78 is 3.68. The molecule has 4 aliphatic rings. The molecule has 3 fully saturated rings. The smallest absolute Gasteiger partial charge is 0.323 e. The molecule has 2 saturated heterocycles. The summed E-state index contributed by atoms with van der Waals surface area (Å²) >= 11 is 0. The van der Waals surface area contributed by atoms with E-state index in [9.17, 15) is 24.9 Å². The van der Waals surface area contributed by atoms with Gasteiger partial charge >= 0.3 is 6.03 Å². The molecule has 1 aromatic carbocycles. The van der Waals surface area contributed by atoms with Crippen molar-refractivity contribution in [3.8, 4) is 11.4 Å². The first-order valence-corrected chi connectivity index (χ1v) is 22.2. The molecule has 1 aliphatic carbocycles. The van der Waals surface area contributed by atoms with Gasteiger partial charge in [-0.1, -0.05) is 30.9 Å². The largest absolute Gasteiger partial charge is 0.379 e. The normalized spacial score (nSPS) is 21.5. The van der Waals surface area contributed by atoms with Crippen LogP contribution in [0.1, 0.15) is 104 Å². The van der Waals surface area contributed by atoms with Crippen LogP contribution in [0.25, 0.3) is 17.0 Å². The van der Waals surface area contributed by atoms with Gasteiger partial charge in [-0.3, -0.25) is 24.7 Å². The molecule has 3 aliphatic heterocycles. The fourth-order valence-corrected chi connectivity index (χ4v) is 9.70. The van der Waals surface area contributed by atoms with Gasteiger partial charge in [0.05, 0.1) is 53.6 Å². The highest BCUT2D eigenvalue weighted by Crippen LogP contribution is 2.38. The van der Waals surface area contributed by atoms with E-state index in [1.165, 1.54) is 0 Å². The molecule has 0 radical (unpaired) electrons. The number of amides is 3. The van der Waals surface area contributed by atoms with E-state index in [4.69, 9.17) is 0 Å². The number of carbonyl (C=O) groups is 2. The highest BCUT2D eigenvalue weighted by atomic mass is 16.3. The number of aliphatic hydroxyl groups is 3. The molecule has 0 spiro atoms. The number of piperidine rings is 1. The number of piperazine rings is 1. The van der Waals surface area contributed by atoms with Crippen LogP contribution in [0.4, 0.5) is 21.9 Å². The number of aryl methyl sites for hydroxylation is 2. The van der Waals surface area contributed by atoms with Gasteiger partial charge in [0.2, 0.25) is 0 Å². The number of anilines is 3. The summed E-state index contributed by atoms with van der Waals surface area (Å²) in [5.41, 5.74) is 7.93. The number of fused-ring (bicyclic) bond motifs is 2. The first-order chi connectivity index (χ1) is 30.2. The molecular weight excluding hydrogens is 791 g/mol. The van der Waals surface area contributed by atoms with Gasteiger partial charge in [-0.2, -0.15) is 5.10 Å². The fourth-order valence-electron chi connectivity index (χ4n) is 9.70. The van der Waals surface area contributed by atoms with Crippen molar-refractivity contribution in [3.05, 3.63) is 77.5 Å². The van der Waals surface area contributed by atoms with E-state index in [-0.39, 0.29) is 18.0 Å². The van der Waals surface area contributed by atoms with Crippen LogP contribution in [0.3, 0.4) is 0 Å². The Hall–Kier alpha value is -5.53. The number of unbranched alkanes of at least 4 members (excludes halogenated alkanes) is 3. The van der Waals surface area contributed by atoms with Crippen molar-refractivity contribution in [2.75, 3.05) is 41.7 Å². The monoisotopic (exact) mass is 847 g/mol. The summed E-state index contributed by atoms with van der Waals surface area (Å²) in [6, 6.07) is 8.98. The van der Waals surface area contributed by atoms with Crippen LogP contribution in [0.5, 0.6) is 0 Å². The molecule has 3 amide bonds. The number of aliphatic hydroxyl groups excluding tert-OH is 3. The highest BCUT2D eigenvalue weighted by molar-refractivity contribution is 6.00. The summed E-state index contributed by atoms with van der Waals surface area (Å²) in [4.78, 5) is 41.6. The van der Waals surface area contributed by atoms with Gasteiger partial charge in [0.15, 0.2) is 5.65 Å². The van der Waals surface area contributed by atoms with Crippen LogP contribution in [0.2, 0.25) is 0 Å². The molecule has 4 aromatic heterocycles. The van der Waals surface area contributed by atoms with E-state index in [1.807, 2.05) is 46.6 Å². The lowest BCUT2D eigenvalue weighted by atomic mass is 10.0. The average molecular weight is 848 g/mol. The number of urea groups is 1. The molecule has 6 N–H and O–H groups in total. The van der Waals surface area contributed by atoms with Crippen LogP contribution in [-0.2, 0) is 13.1 Å². The van der Waals surface area contributed by atoms with Gasteiger partial charge in [-0.25, -0.2) is 14.3 Å². The van der Waals surface area contributed by atoms with Crippen molar-refractivity contribution < 1.29 is 24.9 Å². The van der Waals surface area contributed by atoms with E-state index in [0.717, 1.165) is 119 Å². The first-order valence-electron chi connectivity index (χ1n) is 22.2. The molecule has 1 saturated carbocycles. The number of benzene rings is 1. The van der Waals surface area contributed by atoms with E-state index in [0.29, 0.717) is 53.6 Å². The number of rotatable bonds is 14. The van der Waals surface area contributed by atoms with Gasteiger partial charge in [0, 0.05) is 62.5 Å². The molecule has 18 nitrogen and oxygen atoms in total. The second-order valence-electron chi connectivity index (χ2n) is 17.2. The van der Waals surface area contributed by atoms with Crippen molar-refractivity contribution in [1.82, 2.24) is 49.7 Å². The van der Waals surface area contributed by atoms with Gasteiger partial charge in [-0.05, 0) is 87.3 Å². The van der Waals surface area contributed by atoms with Crippen molar-refractivity contribution in [3.63, 3.8) is 0 Å². The second kappa shape index (κ2) is 18.4. The molecule has 7 heterocycles. The zero-order valence-electron chi connectivity index (χ0n) is 35.2. The maximum Gasteiger partial charge on any atom is 0.323 e. The molecule has 4 atom stereocenters. The predicted molar refractivity (Wildman–Crippen MR) is 232 cm³/mol. The maximum atomic E-state index is 13.2. The summed E-state index contributed by atoms with van der Waals surface area (Å²) in [6.07, 6.45) is 14.9. The zero-order chi connectivity index (χ0) is 42.7. The summed E-state index contributed by atoms with van der Waals surface area (Å²) in [5, 5.41) is 53.1. The third-order valence-electron chi connectivity index (χ3n) is 13.0. The standard InChI is InChI=1S/C44H57N13O5/c1-28-22-31(48-44(62)49-34-25-45-37-15-16-47-57(37)41(34)29-8-5-6-9-29)24-46-40(28)35-27-55(52-51-35)17-7-3-2-4-10-39(59)54-20-18-53(19-21-54)32-11-12-33-30(23-32)26-56(43(33)61)36-13-14-38(58)50-42(36)60/h11-12,15-16,22-25,27,29,36,38-39,42,50,58-60H,2-10,13-14,17-21,26H2,1H3,(H2,48,49,62). The first kappa shape index (κ1) is 41.8. The molecular formula is C44H57N13O5. The molecule has 9 rings (SSSR count). The lowest BCUT2D eigenvalue weighted by Crippen LogP contribution is -2.56. The lowest BCUT2D eigenvalue weighted by Gasteiger charge is -2.38. The molecule has 5 aromatic rings. The molecule has 328 valence electrons. The predicted octanol–water partition coefficient (Wildman–Crippen LogP) is 4.43. The van der Waals surface area contributed by atoms with Gasteiger partial charge in [-0.15, -0.1) is 5.10 Å². The third kappa shape index (κ3) is 9.01. The molecule has 18 heteroatoms. The van der Waals surface area contributed by atoms with Crippen LogP contribution < -0.4 is 20.9 Å². The molecule has 0 bridgehead atoms. The second-order valence-corrected chi connectivity index (χ2v) is 17.2. The number of nitrogens with zero attached hydrogens (tertiary/aromatic N) is 10. The summed E-state index contributed by atoms with van der Waals surface area (Å²) in [7, 11) is 0. The Bertz CT molecular complexity index is 2370. The quantitative estimate of drug-likeness (QED) is 0.0855. The maximum absolute atomic E-state index is 13.2. The Kier molecular flexibility index (Phi) is 12.4. The van der Waals surface area contributed by atoms with Crippen molar-refractivity contribution in [2.45, 2.75) is 121 Å². The molecule has 4 unspecified atom stereocenters. The van der Waals surface area contributed by atoms with Gasteiger partial charge in [0.25, 0.3) is 5.91 Å². The Balaban J connectivity index is 0.683. The fraction of sp³-hybridized carbons (Fsp3) is 0.523. The van der Waals surface area contributed by atoms with E-state index in [2.05, 4.69) is 57.2 Å². The minimum absolute atomic E-state index is 0.0783. The van der Waals surface area contributed by atoms with Crippen LogP contribution in [-0.4, -0.2) is 123 Å². The van der Waals surface area contributed by atoms with Crippen LogP contribution >= 0.6 is 0 Å². The van der Waals surface area contributed by atoms with E-state index >= 15 is 0 Å². The van der Waals surface area contributed by atoms with Crippen molar-refractivity contribution in [2.24, 2.45) is 0 Å². The number of hydrogen-bond donors (Lipinski definition) is 6. The lowest BCUT2D eigenvalue weighted by molar-refractivity contribution is -0.0477. The Morgan fingerprint density at radius 2 is 1.77 bits per heavy atom. The zero-order valence-corrected chi connectivity index (χ0v) is 35.2. The Morgan fingerprint density at radius 3 is 2.58 bits per heavy atom. The van der Waals surface area contributed by atoms with Crippen LogP contribution in [0.15, 0.2) is 55.1 Å². The average Bonchev–Trinajstić information content (AvgIpc) is 4.11. The summed E-state index contributed by atoms with van der Waals surface area (Å²) in [6.45, 7) is 6.20. The number of carbonyl (C=O) groups excluding carboxylic acids is 2. The van der Waals surface area contributed by atoms with Gasteiger partial charge in [0.1, 0.15) is 24.4 Å². The van der Waals surface area contributed by atoms with E-state index in [1.54, 1.807) is 23.5 Å². The van der Waals surface area contributed by atoms with Crippen molar-refractivity contribution >= 4 is 34.6 Å².